The zero-order valence-electron chi connectivity index (χ0n) is 14.4. The first-order chi connectivity index (χ1) is 11.3. The largest absolute Gasteiger partial charge is 0.339 e. The molecule has 0 fully saturated rings. The van der Waals surface area contributed by atoms with Gasteiger partial charge in [0.25, 0.3) is 0 Å². The van der Waals surface area contributed by atoms with Crippen molar-refractivity contribution in [2.24, 2.45) is 5.10 Å². The summed E-state index contributed by atoms with van der Waals surface area (Å²) in [5, 5.41) is 6.71. The molecule has 5 heteroatoms. The van der Waals surface area contributed by atoms with Gasteiger partial charge in [-0.25, -0.2) is 10.2 Å². The molecule has 0 radical (unpaired) electrons. The molecule has 0 aromatic heterocycles. The van der Waals surface area contributed by atoms with Gasteiger partial charge in [0, 0.05) is 10.2 Å². The van der Waals surface area contributed by atoms with Crippen LogP contribution >= 0.6 is 15.9 Å². The topological polar surface area (TPSA) is 53.5 Å². The molecule has 2 aromatic rings. The number of nitrogens with one attached hydrogen (secondary N) is 2. The molecule has 126 valence electrons. The van der Waals surface area contributed by atoms with E-state index in [0.717, 1.165) is 21.3 Å². The first-order valence-corrected chi connectivity index (χ1v) is 8.52. The van der Waals surface area contributed by atoms with Gasteiger partial charge in [-0.2, -0.15) is 5.10 Å². The maximum Gasteiger partial charge on any atom is 0.339 e. The van der Waals surface area contributed by atoms with Crippen LogP contribution in [0.2, 0.25) is 0 Å². The Bertz CT molecular complexity index is 746. The number of nitrogens with zero attached hydrogens (tertiary/aromatic N) is 1. The van der Waals surface area contributed by atoms with Gasteiger partial charge in [-0.05, 0) is 47.2 Å². The SMILES string of the molecule is Cc1cc(NC(=O)N/N=C/c2ccc(C(C)(C)C)cc2)ccc1Br. The molecule has 0 aliphatic carbocycles. The Hall–Kier alpha value is -2.14. The lowest BCUT2D eigenvalue weighted by Crippen LogP contribution is -2.24. The Morgan fingerprint density at radius 2 is 1.79 bits per heavy atom. The fourth-order valence-electron chi connectivity index (χ4n) is 2.12. The molecule has 4 nitrogen and oxygen atoms in total. The van der Waals surface area contributed by atoms with Crippen LogP contribution in [0.25, 0.3) is 0 Å². The van der Waals surface area contributed by atoms with Crippen molar-refractivity contribution in [2.75, 3.05) is 5.32 Å². The zero-order chi connectivity index (χ0) is 17.7. The molecule has 0 aliphatic rings. The predicted molar refractivity (Wildman–Crippen MR) is 104 cm³/mol. The molecule has 2 N–H and O–H groups in total. The minimum Gasteiger partial charge on any atom is -0.307 e. The lowest BCUT2D eigenvalue weighted by Gasteiger charge is -2.18. The molecule has 0 spiro atoms. The number of anilines is 1. The van der Waals surface area contributed by atoms with E-state index in [-0.39, 0.29) is 11.4 Å². The molecule has 2 aromatic carbocycles. The quantitative estimate of drug-likeness (QED) is 0.550. The predicted octanol–water partition coefficient (Wildman–Crippen LogP) is 5.21. The van der Waals surface area contributed by atoms with Gasteiger partial charge in [-0.3, -0.25) is 0 Å². The summed E-state index contributed by atoms with van der Waals surface area (Å²) in [6, 6.07) is 13.4. The Labute approximate surface area is 151 Å². The molecule has 0 saturated heterocycles. The summed E-state index contributed by atoms with van der Waals surface area (Å²) in [5.41, 5.74) is 6.55. The van der Waals surface area contributed by atoms with E-state index in [2.05, 4.69) is 64.7 Å². The number of benzene rings is 2. The second-order valence-corrected chi connectivity index (χ2v) is 7.51. The smallest absolute Gasteiger partial charge is 0.307 e. The van der Waals surface area contributed by atoms with Gasteiger partial charge < -0.3 is 5.32 Å². The average molecular weight is 388 g/mol. The molecule has 2 rings (SSSR count). The Morgan fingerprint density at radius 1 is 1.12 bits per heavy atom. The van der Waals surface area contributed by atoms with Gasteiger partial charge in [-0.1, -0.05) is 61.0 Å². The van der Waals surface area contributed by atoms with Crippen molar-refractivity contribution < 1.29 is 4.79 Å². The van der Waals surface area contributed by atoms with Crippen LogP contribution in [-0.4, -0.2) is 12.2 Å². The Morgan fingerprint density at radius 3 is 2.38 bits per heavy atom. The minimum atomic E-state index is -0.376. The van der Waals surface area contributed by atoms with Crippen molar-refractivity contribution in [3.63, 3.8) is 0 Å². The van der Waals surface area contributed by atoms with E-state index in [9.17, 15) is 4.79 Å². The van der Waals surface area contributed by atoms with Crippen LogP contribution in [-0.2, 0) is 5.41 Å². The van der Waals surface area contributed by atoms with Crippen LogP contribution in [0.4, 0.5) is 10.5 Å². The number of aryl methyl sites for hydroxylation is 1. The van der Waals surface area contributed by atoms with E-state index in [1.54, 1.807) is 6.21 Å². The Balaban J connectivity index is 1.91. The lowest BCUT2D eigenvalue weighted by molar-refractivity contribution is 0.252. The Kier molecular flexibility index (Phi) is 5.78. The molecule has 24 heavy (non-hydrogen) atoms. The van der Waals surface area contributed by atoms with E-state index >= 15 is 0 Å². The van der Waals surface area contributed by atoms with E-state index in [0.29, 0.717) is 0 Å². The first kappa shape index (κ1) is 18.2. The molecular weight excluding hydrogens is 366 g/mol. The van der Waals surface area contributed by atoms with Gasteiger partial charge in [-0.15, -0.1) is 0 Å². The monoisotopic (exact) mass is 387 g/mol. The highest BCUT2D eigenvalue weighted by atomic mass is 79.9. The number of halogens is 1. The zero-order valence-corrected chi connectivity index (χ0v) is 15.9. The number of hydrazone groups is 1. The van der Waals surface area contributed by atoms with E-state index in [1.807, 2.05) is 37.3 Å². The third-order valence-electron chi connectivity index (χ3n) is 3.57. The van der Waals surface area contributed by atoms with E-state index < -0.39 is 0 Å². The van der Waals surface area contributed by atoms with E-state index in [1.165, 1.54) is 5.56 Å². The molecule has 0 unspecified atom stereocenters. The summed E-state index contributed by atoms with van der Waals surface area (Å²) in [4.78, 5) is 11.8. The molecule has 2 amide bonds. The van der Waals surface area contributed by atoms with Gasteiger partial charge >= 0.3 is 6.03 Å². The van der Waals surface area contributed by atoms with Crippen LogP contribution in [0, 0.1) is 6.92 Å². The summed E-state index contributed by atoms with van der Waals surface area (Å²) in [6.07, 6.45) is 1.62. The number of hydrogen-bond acceptors (Lipinski definition) is 2. The van der Waals surface area contributed by atoms with Crippen molar-refractivity contribution in [3.05, 3.63) is 63.6 Å². The molecule has 0 heterocycles. The number of rotatable bonds is 3. The van der Waals surface area contributed by atoms with Crippen molar-refractivity contribution in [3.8, 4) is 0 Å². The summed E-state index contributed by atoms with van der Waals surface area (Å²) in [6.45, 7) is 8.48. The fraction of sp³-hybridized carbons (Fsp3) is 0.263. The number of carbonyl (C=O) groups is 1. The molecule has 0 bridgehead atoms. The highest BCUT2D eigenvalue weighted by molar-refractivity contribution is 9.10. The van der Waals surface area contributed by atoms with Crippen LogP contribution in [0.3, 0.4) is 0 Å². The molecule has 0 atom stereocenters. The van der Waals surface area contributed by atoms with Crippen LogP contribution in [0.15, 0.2) is 52.0 Å². The molecule has 0 aliphatic heterocycles. The average Bonchev–Trinajstić information content (AvgIpc) is 2.50. The number of amides is 2. The number of carbonyl (C=O) groups excluding carboxylic acids is 1. The van der Waals surface area contributed by atoms with Crippen molar-refractivity contribution >= 4 is 33.9 Å². The van der Waals surface area contributed by atoms with Crippen LogP contribution in [0.1, 0.15) is 37.5 Å². The fourth-order valence-corrected chi connectivity index (χ4v) is 2.36. The summed E-state index contributed by atoms with van der Waals surface area (Å²) < 4.78 is 1.00. The van der Waals surface area contributed by atoms with Crippen LogP contribution in [0.5, 0.6) is 0 Å². The summed E-state index contributed by atoms with van der Waals surface area (Å²) >= 11 is 3.43. The standard InChI is InChI=1S/C19H22BrN3O/c1-13-11-16(9-10-17(13)20)22-18(24)23-21-12-14-5-7-15(8-6-14)19(2,3)4/h5-12H,1-4H3,(H2,22,23,24)/b21-12+. The third-order valence-corrected chi connectivity index (χ3v) is 4.46. The van der Waals surface area contributed by atoms with Crippen molar-refractivity contribution in [1.82, 2.24) is 5.43 Å². The summed E-state index contributed by atoms with van der Waals surface area (Å²) in [5.74, 6) is 0. The third kappa shape index (κ3) is 5.20. The number of urea groups is 1. The highest BCUT2D eigenvalue weighted by Gasteiger charge is 2.12. The van der Waals surface area contributed by atoms with Gasteiger partial charge in [0.1, 0.15) is 0 Å². The maximum absolute atomic E-state index is 11.8. The molecule has 0 saturated carbocycles. The van der Waals surface area contributed by atoms with E-state index in [4.69, 9.17) is 0 Å². The second kappa shape index (κ2) is 7.62. The normalized spacial score (nSPS) is 11.5. The number of hydrogen-bond donors (Lipinski definition) is 2. The van der Waals surface area contributed by atoms with Gasteiger partial charge in [0.15, 0.2) is 0 Å². The summed E-state index contributed by atoms with van der Waals surface area (Å²) in [7, 11) is 0. The van der Waals surface area contributed by atoms with Crippen molar-refractivity contribution in [2.45, 2.75) is 33.1 Å². The second-order valence-electron chi connectivity index (χ2n) is 6.66. The first-order valence-electron chi connectivity index (χ1n) is 7.72. The highest BCUT2D eigenvalue weighted by Crippen LogP contribution is 2.22. The maximum atomic E-state index is 11.8. The minimum absolute atomic E-state index is 0.122. The van der Waals surface area contributed by atoms with Crippen molar-refractivity contribution in [1.29, 1.82) is 0 Å². The van der Waals surface area contributed by atoms with Crippen LogP contribution < -0.4 is 10.7 Å². The van der Waals surface area contributed by atoms with Gasteiger partial charge in [0.05, 0.1) is 6.21 Å². The lowest BCUT2D eigenvalue weighted by atomic mass is 9.87. The van der Waals surface area contributed by atoms with Gasteiger partial charge in [0.2, 0.25) is 0 Å². The molecular formula is C19H22BrN3O.